The van der Waals surface area contributed by atoms with Gasteiger partial charge >= 0.3 is 13.5 Å². The molecule has 2 aromatic rings. The van der Waals surface area contributed by atoms with Crippen molar-refractivity contribution in [1.29, 1.82) is 0 Å². The number of rotatable bonds is 4. The average molecular weight is 402 g/mol. The predicted molar refractivity (Wildman–Crippen MR) is 90.1 cm³/mol. The highest BCUT2D eigenvalue weighted by Gasteiger charge is 2.48. The molecule has 5 atom stereocenters. The number of nitrogens with zero attached hydrogens (tertiary/aromatic N) is 4. The maximum atomic E-state index is 10.9. The van der Waals surface area contributed by atoms with E-state index in [1.807, 2.05) is 29.6 Å². The zero-order valence-electron chi connectivity index (χ0n) is 14.6. The fraction of sp³-hybridized carbons (Fsp3) is 0.571. The molecule has 4 heterocycles. The summed E-state index contributed by atoms with van der Waals surface area (Å²) in [5.74, 6) is 0. The molecule has 2 aliphatic heterocycles. The highest BCUT2D eigenvalue weighted by atomic mass is 31.2. The van der Waals surface area contributed by atoms with Gasteiger partial charge in [0.1, 0.15) is 36.4 Å². The third-order valence-corrected chi connectivity index (χ3v) is 5.30. The standard InChI is InChI=1S/C14H20N5O7P/c1-7-16-17(2)8-3-4-15-13-10(8)18(7)6-19(13)14-12(21)11(20)9(26-14)5-25-27(22,23)24/h3-4,6-7,9,11-12,14,16,20-21H,5H2,1-2H3,(H-,22,23,24)/p+1/t7?,9?,11-,12-,14-/m1/s1. The van der Waals surface area contributed by atoms with Gasteiger partial charge in [-0.2, -0.15) is 5.43 Å². The van der Waals surface area contributed by atoms with Gasteiger partial charge in [-0.3, -0.25) is 4.52 Å². The fourth-order valence-corrected chi connectivity index (χ4v) is 3.89. The molecule has 0 amide bonds. The summed E-state index contributed by atoms with van der Waals surface area (Å²) in [5.41, 5.74) is 5.51. The lowest BCUT2D eigenvalue weighted by Gasteiger charge is -2.28. The molecule has 0 spiro atoms. The Morgan fingerprint density at radius 2 is 2.15 bits per heavy atom. The summed E-state index contributed by atoms with van der Waals surface area (Å²) in [7, 11) is -2.84. The first-order chi connectivity index (χ1) is 12.7. The summed E-state index contributed by atoms with van der Waals surface area (Å²) < 4.78 is 24.5. The third kappa shape index (κ3) is 3.13. The molecular formula is C14H21N5O7P+. The number of phosphoric acid groups is 1. The van der Waals surface area contributed by atoms with Crippen LogP contribution in [0.1, 0.15) is 19.3 Å². The van der Waals surface area contributed by atoms with Crippen molar-refractivity contribution in [2.75, 3.05) is 18.7 Å². The normalized spacial score (nSPS) is 31.0. The molecule has 2 aromatic heterocycles. The molecular weight excluding hydrogens is 381 g/mol. The number of nitrogens with one attached hydrogen (secondary N) is 1. The molecule has 2 aliphatic rings. The van der Waals surface area contributed by atoms with E-state index in [4.69, 9.17) is 14.5 Å². The molecule has 0 aromatic carbocycles. The second kappa shape index (κ2) is 6.47. The average Bonchev–Trinajstić information content (AvgIpc) is 3.11. The number of aromatic nitrogens is 3. The van der Waals surface area contributed by atoms with Crippen molar-refractivity contribution in [3.8, 4) is 0 Å². The molecule has 1 fully saturated rings. The Morgan fingerprint density at radius 1 is 1.41 bits per heavy atom. The number of hydrogen-bond acceptors (Lipinski definition) is 8. The van der Waals surface area contributed by atoms with Gasteiger partial charge in [0.15, 0.2) is 6.33 Å². The van der Waals surface area contributed by atoms with Crippen LogP contribution in [0, 0.1) is 0 Å². The van der Waals surface area contributed by atoms with Crippen molar-refractivity contribution in [1.82, 2.24) is 15.0 Å². The molecule has 2 unspecified atom stereocenters. The summed E-state index contributed by atoms with van der Waals surface area (Å²) in [6, 6.07) is 1.85. The molecule has 0 radical (unpaired) electrons. The minimum atomic E-state index is -4.72. The monoisotopic (exact) mass is 402 g/mol. The van der Waals surface area contributed by atoms with Gasteiger partial charge in [0, 0.05) is 13.1 Å². The number of anilines is 1. The summed E-state index contributed by atoms with van der Waals surface area (Å²) in [6.07, 6.45) is -1.54. The Hall–Kier alpha value is -1.63. The van der Waals surface area contributed by atoms with E-state index >= 15 is 0 Å². The van der Waals surface area contributed by atoms with Crippen LogP contribution < -0.4 is 15.0 Å². The maximum Gasteiger partial charge on any atom is 0.469 e. The number of imidazole rings is 1. The largest absolute Gasteiger partial charge is 0.469 e. The Balaban J connectivity index is 1.70. The van der Waals surface area contributed by atoms with Crippen LogP contribution in [0.5, 0.6) is 0 Å². The topological polar surface area (TPSA) is 153 Å². The van der Waals surface area contributed by atoms with Crippen molar-refractivity contribution >= 4 is 24.7 Å². The molecule has 5 N–H and O–H groups in total. The van der Waals surface area contributed by atoms with Crippen molar-refractivity contribution < 1.29 is 38.4 Å². The second-order valence-corrected chi connectivity index (χ2v) is 7.87. The lowest BCUT2D eigenvalue weighted by Crippen LogP contribution is -2.46. The van der Waals surface area contributed by atoms with Crippen molar-refractivity contribution in [3.63, 3.8) is 0 Å². The second-order valence-electron chi connectivity index (χ2n) is 6.63. The van der Waals surface area contributed by atoms with Gasteiger partial charge < -0.3 is 29.7 Å². The number of hydrazine groups is 1. The van der Waals surface area contributed by atoms with Gasteiger partial charge in [0.05, 0.1) is 6.61 Å². The van der Waals surface area contributed by atoms with Crippen LogP contribution in [0.3, 0.4) is 0 Å². The molecule has 0 saturated carbocycles. The molecule has 148 valence electrons. The van der Waals surface area contributed by atoms with E-state index in [1.54, 1.807) is 17.1 Å². The lowest BCUT2D eigenvalue weighted by molar-refractivity contribution is -0.746. The summed E-state index contributed by atoms with van der Waals surface area (Å²) >= 11 is 0. The molecule has 4 rings (SSSR count). The number of ether oxygens (including phenoxy) is 1. The molecule has 0 aliphatic carbocycles. The Morgan fingerprint density at radius 3 is 2.85 bits per heavy atom. The van der Waals surface area contributed by atoms with Crippen LogP contribution in [-0.4, -0.2) is 61.5 Å². The zero-order valence-corrected chi connectivity index (χ0v) is 15.5. The van der Waals surface area contributed by atoms with Crippen molar-refractivity contribution in [3.05, 3.63) is 18.6 Å². The van der Waals surface area contributed by atoms with Crippen LogP contribution in [-0.2, 0) is 13.8 Å². The third-order valence-electron chi connectivity index (χ3n) is 4.81. The van der Waals surface area contributed by atoms with Crippen LogP contribution in [0.2, 0.25) is 0 Å². The van der Waals surface area contributed by atoms with Crippen LogP contribution in [0.4, 0.5) is 5.69 Å². The molecule has 27 heavy (non-hydrogen) atoms. The molecule has 0 bridgehead atoms. The Bertz CT molecular complexity index is 917. The van der Waals surface area contributed by atoms with Gasteiger partial charge in [-0.25, -0.2) is 13.7 Å². The summed E-state index contributed by atoms with van der Waals surface area (Å²) in [5, 5.41) is 22.5. The first-order valence-corrected chi connectivity index (χ1v) is 9.82. The molecule has 12 nitrogen and oxygen atoms in total. The van der Waals surface area contributed by atoms with Gasteiger partial charge in [0.25, 0.3) is 0 Å². The van der Waals surface area contributed by atoms with E-state index in [2.05, 4.69) is 14.9 Å². The van der Waals surface area contributed by atoms with E-state index in [0.29, 0.717) is 5.65 Å². The highest BCUT2D eigenvalue weighted by Crippen LogP contribution is 2.38. The van der Waals surface area contributed by atoms with Crippen LogP contribution in [0.15, 0.2) is 18.6 Å². The van der Waals surface area contributed by atoms with E-state index in [1.165, 1.54) is 0 Å². The lowest BCUT2D eigenvalue weighted by atomic mass is 10.1. The van der Waals surface area contributed by atoms with E-state index in [0.717, 1.165) is 11.2 Å². The Kier molecular flexibility index (Phi) is 4.48. The van der Waals surface area contributed by atoms with Gasteiger partial charge in [-0.1, -0.05) is 0 Å². The van der Waals surface area contributed by atoms with Crippen molar-refractivity contribution in [2.24, 2.45) is 0 Å². The highest BCUT2D eigenvalue weighted by molar-refractivity contribution is 7.46. The van der Waals surface area contributed by atoms with Crippen LogP contribution in [0.25, 0.3) is 11.2 Å². The minimum absolute atomic E-state index is 0.0901. The minimum Gasteiger partial charge on any atom is -0.387 e. The summed E-state index contributed by atoms with van der Waals surface area (Å²) in [6.45, 7) is 1.39. The number of pyridine rings is 1. The van der Waals surface area contributed by atoms with Gasteiger partial charge in [-0.15, -0.1) is 4.98 Å². The number of aliphatic hydroxyl groups is 2. The number of hydrogen-bond donors (Lipinski definition) is 5. The van der Waals surface area contributed by atoms with Gasteiger partial charge in [-0.05, 0) is 6.92 Å². The molecule has 13 heteroatoms. The van der Waals surface area contributed by atoms with Gasteiger partial charge in [0.2, 0.25) is 11.7 Å². The Labute approximate surface area is 153 Å². The fourth-order valence-electron chi connectivity index (χ4n) is 3.55. The predicted octanol–water partition coefficient (Wildman–Crippen LogP) is -1.47. The molecule has 1 saturated heterocycles. The van der Waals surface area contributed by atoms with E-state index < -0.39 is 39.0 Å². The number of phosphoric ester groups is 1. The SMILES string of the molecule is CC1NN(C)c2ccnc3c2n1c[n+]3[C@@H]1OC(COP(=O)(O)O)[C@@H](O)[C@H]1O. The van der Waals surface area contributed by atoms with E-state index in [-0.39, 0.29) is 6.17 Å². The quantitative estimate of drug-likeness (QED) is 0.302. The first-order valence-electron chi connectivity index (χ1n) is 8.29. The zero-order chi connectivity index (χ0) is 19.5. The number of aliphatic hydroxyl groups excluding tert-OH is 2. The first kappa shape index (κ1) is 18.7. The van der Waals surface area contributed by atoms with E-state index in [9.17, 15) is 14.8 Å². The summed E-state index contributed by atoms with van der Waals surface area (Å²) in [4.78, 5) is 22.1. The maximum absolute atomic E-state index is 10.9. The van der Waals surface area contributed by atoms with Crippen LogP contribution >= 0.6 is 7.82 Å². The smallest absolute Gasteiger partial charge is 0.387 e. The van der Waals surface area contributed by atoms with Crippen molar-refractivity contribution in [2.45, 2.75) is 37.6 Å².